The first-order chi connectivity index (χ1) is 7.22. The molecule has 0 saturated carbocycles. The van der Waals surface area contributed by atoms with E-state index >= 15 is 0 Å². The lowest BCUT2D eigenvalue weighted by Crippen LogP contribution is -2.05. The van der Waals surface area contributed by atoms with E-state index in [2.05, 4.69) is 19.9 Å². The summed E-state index contributed by atoms with van der Waals surface area (Å²) in [7, 11) is 0. The molecule has 0 aliphatic carbocycles. The fourth-order valence-corrected chi connectivity index (χ4v) is 2.00. The molecule has 0 saturated heterocycles. The van der Waals surface area contributed by atoms with Gasteiger partial charge in [0.2, 0.25) is 6.79 Å². The first-order valence-electron chi connectivity index (χ1n) is 5.32. The number of ether oxygens (including phenoxy) is 2. The minimum atomic E-state index is 0.337. The van der Waals surface area contributed by atoms with Gasteiger partial charge in [0.05, 0.1) is 0 Å². The van der Waals surface area contributed by atoms with E-state index < -0.39 is 0 Å². The highest BCUT2D eigenvalue weighted by atomic mass is 16.7. The van der Waals surface area contributed by atoms with Gasteiger partial charge < -0.3 is 15.2 Å². The maximum Gasteiger partial charge on any atom is 0.231 e. The summed E-state index contributed by atoms with van der Waals surface area (Å²) in [5.74, 6) is 2.19. The molecule has 82 valence electrons. The number of fused-ring (bicyclic) bond motifs is 1. The number of rotatable bonds is 3. The lowest BCUT2D eigenvalue weighted by molar-refractivity contribution is 0.174. The summed E-state index contributed by atoms with van der Waals surface area (Å²) in [6, 6.07) is 4.13. The first kappa shape index (κ1) is 10.3. The van der Waals surface area contributed by atoms with Crippen LogP contribution in [0.2, 0.25) is 0 Å². The molecule has 0 bridgehead atoms. The Balaban J connectivity index is 2.31. The highest BCUT2D eigenvalue weighted by molar-refractivity contribution is 5.49. The molecule has 1 heterocycles. The Hall–Kier alpha value is -1.22. The Morgan fingerprint density at radius 2 is 2.00 bits per heavy atom. The third kappa shape index (κ3) is 1.92. The van der Waals surface area contributed by atoms with Crippen LogP contribution in [-0.4, -0.2) is 13.3 Å². The minimum absolute atomic E-state index is 0.337. The fraction of sp³-hybridized carbons (Fsp3) is 0.500. The Bertz CT molecular complexity index is 363. The van der Waals surface area contributed by atoms with E-state index in [0.29, 0.717) is 12.7 Å². The first-order valence-corrected chi connectivity index (χ1v) is 5.32. The molecule has 0 spiro atoms. The van der Waals surface area contributed by atoms with Gasteiger partial charge in [-0.15, -0.1) is 0 Å². The molecule has 0 aromatic heterocycles. The van der Waals surface area contributed by atoms with Gasteiger partial charge in [0, 0.05) is 0 Å². The quantitative estimate of drug-likeness (QED) is 0.826. The van der Waals surface area contributed by atoms with Crippen LogP contribution in [-0.2, 0) is 0 Å². The third-order valence-electron chi connectivity index (χ3n) is 2.89. The maximum absolute atomic E-state index is 5.57. The maximum atomic E-state index is 5.57. The molecule has 3 nitrogen and oxygen atoms in total. The molecular formula is C12H17NO2. The van der Waals surface area contributed by atoms with Crippen molar-refractivity contribution in [2.75, 3.05) is 13.3 Å². The number of aryl methyl sites for hydroxylation is 1. The van der Waals surface area contributed by atoms with Gasteiger partial charge in [-0.2, -0.15) is 0 Å². The van der Waals surface area contributed by atoms with Gasteiger partial charge in [0.25, 0.3) is 0 Å². The standard InChI is InChI=1S/C12H17NO2/c1-8(3-4-13)10-6-12-11(5-9(10)2)14-7-15-12/h5-6,8H,3-4,7,13H2,1-2H3. The van der Waals surface area contributed by atoms with Crippen LogP contribution < -0.4 is 15.2 Å². The summed E-state index contributed by atoms with van der Waals surface area (Å²) in [4.78, 5) is 0. The Morgan fingerprint density at radius 3 is 2.67 bits per heavy atom. The smallest absolute Gasteiger partial charge is 0.231 e. The average Bonchev–Trinajstić information content (AvgIpc) is 2.63. The Labute approximate surface area is 90.2 Å². The van der Waals surface area contributed by atoms with Gasteiger partial charge >= 0.3 is 0 Å². The van der Waals surface area contributed by atoms with E-state index in [9.17, 15) is 0 Å². The van der Waals surface area contributed by atoms with Gasteiger partial charge in [0.15, 0.2) is 11.5 Å². The van der Waals surface area contributed by atoms with Crippen LogP contribution in [0.1, 0.15) is 30.4 Å². The molecule has 1 aromatic rings. The number of hydrogen-bond donors (Lipinski definition) is 1. The molecule has 15 heavy (non-hydrogen) atoms. The third-order valence-corrected chi connectivity index (χ3v) is 2.89. The summed E-state index contributed by atoms with van der Waals surface area (Å²) in [5, 5.41) is 0. The number of benzene rings is 1. The SMILES string of the molecule is Cc1cc2c(cc1C(C)CCN)OCO2. The zero-order valence-electron chi connectivity index (χ0n) is 9.25. The molecule has 3 heteroatoms. The topological polar surface area (TPSA) is 44.5 Å². The van der Waals surface area contributed by atoms with Crippen LogP contribution in [0, 0.1) is 6.92 Å². The molecule has 0 fully saturated rings. The molecule has 1 atom stereocenters. The van der Waals surface area contributed by atoms with E-state index in [1.807, 2.05) is 6.07 Å². The summed E-state index contributed by atoms with van der Waals surface area (Å²) in [6.07, 6.45) is 1.00. The Kier molecular flexibility index (Phi) is 2.82. The lowest BCUT2D eigenvalue weighted by atomic mass is 9.93. The predicted octanol–water partition coefficient (Wildman–Crippen LogP) is 2.18. The second-order valence-corrected chi connectivity index (χ2v) is 4.04. The zero-order chi connectivity index (χ0) is 10.8. The van der Waals surface area contributed by atoms with E-state index in [4.69, 9.17) is 15.2 Å². The normalized spacial score (nSPS) is 15.4. The molecule has 2 N–H and O–H groups in total. The second kappa shape index (κ2) is 4.11. The van der Waals surface area contributed by atoms with Gasteiger partial charge in [-0.1, -0.05) is 6.92 Å². The van der Waals surface area contributed by atoms with Gasteiger partial charge in [-0.25, -0.2) is 0 Å². The van der Waals surface area contributed by atoms with E-state index in [1.54, 1.807) is 0 Å². The second-order valence-electron chi connectivity index (χ2n) is 4.04. The predicted molar refractivity (Wildman–Crippen MR) is 59.4 cm³/mol. The van der Waals surface area contributed by atoms with Crippen LogP contribution in [0.5, 0.6) is 11.5 Å². The van der Waals surface area contributed by atoms with Gasteiger partial charge in [-0.3, -0.25) is 0 Å². The van der Waals surface area contributed by atoms with Crippen molar-refractivity contribution in [2.45, 2.75) is 26.2 Å². The van der Waals surface area contributed by atoms with E-state index in [0.717, 1.165) is 24.5 Å². The minimum Gasteiger partial charge on any atom is -0.454 e. The van der Waals surface area contributed by atoms with Gasteiger partial charge in [0.1, 0.15) is 0 Å². The van der Waals surface area contributed by atoms with Crippen LogP contribution in [0.4, 0.5) is 0 Å². The summed E-state index contributed by atoms with van der Waals surface area (Å²) < 4.78 is 10.7. The fourth-order valence-electron chi connectivity index (χ4n) is 2.00. The molecule has 0 amide bonds. The monoisotopic (exact) mass is 207 g/mol. The van der Waals surface area contributed by atoms with E-state index in [1.165, 1.54) is 11.1 Å². The highest BCUT2D eigenvalue weighted by Gasteiger charge is 2.17. The Morgan fingerprint density at radius 1 is 1.33 bits per heavy atom. The van der Waals surface area contributed by atoms with Crippen molar-refractivity contribution in [3.8, 4) is 11.5 Å². The van der Waals surface area contributed by atoms with Crippen molar-refractivity contribution in [3.63, 3.8) is 0 Å². The largest absolute Gasteiger partial charge is 0.454 e. The highest BCUT2D eigenvalue weighted by Crippen LogP contribution is 2.37. The molecule has 1 aliphatic rings. The summed E-state index contributed by atoms with van der Waals surface area (Å²) in [6.45, 7) is 5.35. The van der Waals surface area contributed by atoms with E-state index in [-0.39, 0.29) is 0 Å². The van der Waals surface area contributed by atoms with Crippen molar-refractivity contribution in [1.29, 1.82) is 0 Å². The van der Waals surface area contributed by atoms with Crippen molar-refractivity contribution in [2.24, 2.45) is 5.73 Å². The lowest BCUT2D eigenvalue weighted by Gasteiger charge is -2.14. The molecule has 2 rings (SSSR count). The van der Waals surface area contributed by atoms with Crippen molar-refractivity contribution in [3.05, 3.63) is 23.3 Å². The molecular weight excluding hydrogens is 190 g/mol. The van der Waals surface area contributed by atoms with Crippen LogP contribution in [0.3, 0.4) is 0 Å². The zero-order valence-corrected chi connectivity index (χ0v) is 9.25. The average molecular weight is 207 g/mol. The number of hydrogen-bond acceptors (Lipinski definition) is 3. The van der Waals surface area contributed by atoms with Gasteiger partial charge in [-0.05, 0) is 49.1 Å². The number of nitrogens with two attached hydrogens (primary N) is 1. The van der Waals surface area contributed by atoms with Crippen molar-refractivity contribution >= 4 is 0 Å². The van der Waals surface area contributed by atoms with Crippen LogP contribution in [0.15, 0.2) is 12.1 Å². The molecule has 1 aromatic carbocycles. The van der Waals surface area contributed by atoms with Crippen molar-refractivity contribution in [1.82, 2.24) is 0 Å². The molecule has 1 aliphatic heterocycles. The van der Waals surface area contributed by atoms with Crippen molar-refractivity contribution < 1.29 is 9.47 Å². The summed E-state index contributed by atoms with van der Waals surface area (Å²) >= 11 is 0. The summed E-state index contributed by atoms with van der Waals surface area (Å²) in [5.41, 5.74) is 8.13. The molecule has 0 radical (unpaired) electrons. The van der Waals surface area contributed by atoms with Crippen LogP contribution in [0.25, 0.3) is 0 Å². The van der Waals surface area contributed by atoms with Crippen LogP contribution >= 0.6 is 0 Å². The molecule has 1 unspecified atom stereocenters.